The number of anilines is 6. The Morgan fingerprint density at radius 1 is 0.424 bits per heavy atom. The number of nitrogens with zero attached hydrogens (tertiary/aromatic N) is 15. The lowest BCUT2D eigenvalue weighted by molar-refractivity contribution is -0.119. The Bertz CT molecular complexity index is 5850. The molecule has 9 aliphatic rings. The fourth-order valence-corrected chi connectivity index (χ4v) is 23.0. The summed E-state index contributed by atoms with van der Waals surface area (Å²) in [6.45, 7) is -2.70. The highest BCUT2D eigenvalue weighted by molar-refractivity contribution is 7.91. The quantitative estimate of drug-likeness (QED) is 0.0202. The number of nitrogens with one attached hydrogen (secondary N) is 5. The van der Waals surface area contributed by atoms with Crippen LogP contribution in [0.25, 0.3) is 33.1 Å². The highest BCUT2D eigenvalue weighted by Gasteiger charge is 2.56. The van der Waals surface area contributed by atoms with Crippen molar-refractivity contribution in [1.29, 1.82) is 0 Å². The van der Waals surface area contributed by atoms with Gasteiger partial charge in [-0.3, -0.25) is 27.7 Å². The van der Waals surface area contributed by atoms with Crippen LogP contribution in [0, 0.1) is 0 Å². The molecule has 18 rings (SSSR count). The van der Waals surface area contributed by atoms with E-state index in [1.54, 1.807) is 58.3 Å². The number of hydrogen-bond acceptors (Lipinski definition) is 34. The van der Waals surface area contributed by atoms with Crippen molar-refractivity contribution < 1.29 is 135 Å². The number of carbonyl (C=O) groups excluding carboxylic acids is 2. The lowest BCUT2D eigenvalue weighted by atomic mass is 10.0. The van der Waals surface area contributed by atoms with Crippen molar-refractivity contribution in [3.63, 3.8) is 0 Å². The zero-order valence-electron chi connectivity index (χ0n) is 74.8. The predicted molar refractivity (Wildman–Crippen MR) is 501 cm³/mol. The standard InChI is InChI=1S/C29H38ClN6O9P.C28H37ClN7O9P.C27H37ClN7O10PS/c30-28-33-25(32-18-5-1-2-6-18)20-14-31-36(26(20)34-28)27-24(40)23(39)21(45-27)15-44-29(16-37,46(41,42)43)13-17-8-10-19(11-9-17)35-12-4-3-7-22(35)38;29-26-33-23(32-17-4-1-2-5-17)19-13-31-36(24(19)34-26)25-22(39)21(38)20(45-25)14-44-28(15-37,46(41,42)43)12-16-6-8-18(9-7-16)35-11-3-10-30-27(35)40;28-26-32-23(31-17-4-1-2-5-17)19-13-29-35(24(19)33-26)25-22(38)21(37)20(45-25)14-44-27(15-36,46(39,40)41)12-16-6-8-18(9-7-16)34-11-3-10-30-47(34,42)43/h8-11,14,18,21,23-24,27,37,39-40H,1-7,12-13,15-16H2,(H,32,33,34)(H2,41,42,43);6-9,13,17,20-22,25,37-39H,1-5,10-12,14-15H2,(H,30,40)(H,32,33,34)(H2,41,42,43);6-9,13,17,20-22,25,30,36-38H,1-5,10-12,14-15H2,(H,31,32,33)(H2,39,40,41)/t21-,23-,24-,27-,29?;20-,21-,22-,25-,28?;20-,21-,22-,25-,27?/m111/s1. The lowest BCUT2D eigenvalue weighted by Crippen LogP contribution is -2.47. The van der Waals surface area contributed by atoms with Crippen molar-refractivity contribution in [2.45, 2.75) is 236 Å². The van der Waals surface area contributed by atoms with Gasteiger partial charge in [0.2, 0.25) is 21.8 Å². The molecule has 758 valence electrons. The minimum Gasteiger partial charge on any atom is -0.393 e. The maximum Gasteiger partial charge on any atom is 0.359 e. The number of urea groups is 1. The number of hydrogen-bond donors (Lipinski definition) is 20. The van der Waals surface area contributed by atoms with Crippen LogP contribution in [0.15, 0.2) is 91.4 Å². The van der Waals surface area contributed by atoms with Gasteiger partial charge in [0, 0.05) is 87.9 Å². The van der Waals surface area contributed by atoms with Gasteiger partial charge in [-0.15, -0.1) is 0 Å². The van der Waals surface area contributed by atoms with Crippen molar-refractivity contribution in [3.8, 4) is 0 Å². The monoisotopic (exact) mass is 2080 g/mol. The number of aliphatic hydroxyl groups excluding tert-OH is 9. The SMILES string of the molecule is O=C1CCCCN1c1ccc(CC(CO)(OC[C@H]2O[C@@H](n3ncc4c(NC5CCCC5)nc(Cl)nc43)[C@H](O)[C@@H]2O)P(=O)(O)O)cc1.O=C1NCCCN1c1ccc(CC(CO)(OC[C@H]2O[C@@H](n3ncc4c(NC5CCCC5)nc(Cl)nc43)[C@H](O)[C@@H]2O)P(=O)(O)O)cc1.O=P(O)(O)C(CO)(Cc1ccc(N2CCCNS2(=O)=O)cc1)OC[C@H]1O[C@@H](n2ncc3c(NC4CCCC4)nc(Cl)nc32)[C@H](O)[C@@H]1O. The maximum atomic E-state index is 12.7. The molecule has 6 aromatic heterocycles. The van der Waals surface area contributed by atoms with Gasteiger partial charge in [0.15, 0.2) is 51.7 Å². The molecule has 20 N–H and O–H groups in total. The molecule has 6 aliphatic heterocycles. The van der Waals surface area contributed by atoms with Crippen LogP contribution in [0.2, 0.25) is 15.9 Å². The highest BCUT2D eigenvalue weighted by atomic mass is 35.5. The molecular formula is C84H112Cl3N20O28P3S. The van der Waals surface area contributed by atoms with Crippen LogP contribution in [0.1, 0.15) is 145 Å². The fourth-order valence-electron chi connectivity index (χ4n) is 18.8. The topological polar surface area (TPSA) is 679 Å². The van der Waals surface area contributed by atoms with Crippen LogP contribution in [-0.2, 0) is 76.4 Å². The second-order valence-electron chi connectivity index (χ2n) is 36.0. The van der Waals surface area contributed by atoms with Gasteiger partial charge in [-0.05, 0) is 152 Å². The van der Waals surface area contributed by atoms with Gasteiger partial charge in [-0.25, -0.2) is 18.8 Å². The van der Waals surface area contributed by atoms with E-state index in [-0.39, 0.29) is 75.8 Å². The Hall–Kier alpha value is -8.12. The van der Waals surface area contributed by atoms with Crippen molar-refractivity contribution in [3.05, 3.63) is 124 Å². The lowest BCUT2D eigenvalue weighted by Gasteiger charge is -2.34. The summed E-state index contributed by atoms with van der Waals surface area (Å²) in [5, 5.41) is 116. The van der Waals surface area contributed by atoms with E-state index in [9.17, 15) is 107 Å². The third kappa shape index (κ3) is 22.6. The summed E-state index contributed by atoms with van der Waals surface area (Å²) < 4.78 is 105. The second kappa shape index (κ2) is 43.4. The van der Waals surface area contributed by atoms with Crippen LogP contribution in [0.3, 0.4) is 0 Å². The fraction of sp³-hybridized carbons (Fsp3) is 0.583. The number of rotatable bonds is 33. The molecule has 0 radical (unpaired) electrons. The minimum atomic E-state index is -5.19. The van der Waals surface area contributed by atoms with Gasteiger partial charge in [0.1, 0.15) is 72.4 Å². The molecule has 3 unspecified atom stereocenters. The van der Waals surface area contributed by atoms with Crippen molar-refractivity contribution in [2.75, 3.05) is 102 Å². The summed E-state index contributed by atoms with van der Waals surface area (Å²) in [5.74, 6) is 1.47. The normalized spacial score (nSPS) is 26.0. The van der Waals surface area contributed by atoms with Crippen molar-refractivity contribution in [2.24, 2.45) is 0 Å². The molecule has 55 heteroatoms. The number of carbonyl (C=O) groups is 2. The van der Waals surface area contributed by atoms with Gasteiger partial charge in [0.25, 0.3) is 0 Å². The number of piperidine rings is 1. The molecule has 3 aromatic carbocycles. The second-order valence-corrected chi connectivity index (χ2v) is 44.4. The molecule has 12 heterocycles. The zero-order valence-corrected chi connectivity index (χ0v) is 80.6. The van der Waals surface area contributed by atoms with Gasteiger partial charge in [-0.2, -0.15) is 58.3 Å². The Labute approximate surface area is 810 Å². The number of fused-ring (bicyclic) bond motifs is 3. The first-order chi connectivity index (χ1) is 66.3. The van der Waals surface area contributed by atoms with Gasteiger partial charge >= 0.3 is 39.0 Å². The highest BCUT2D eigenvalue weighted by Crippen LogP contribution is 2.57. The molecule has 9 aromatic rings. The van der Waals surface area contributed by atoms with E-state index in [0.717, 1.165) is 96.3 Å². The Morgan fingerprint density at radius 3 is 1.06 bits per heavy atom. The Balaban J connectivity index is 0.000000151. The predicted octanol–water partition coefficient (Wildman–Crippen LogP) is 4.22. The summed E-state index contributed by atoms with van der Waals surface area (Å²) in [7, 11) is -19.2. The summed E-state index contributed by atoms with van der Waals surface area (Å²) in [6, 6.07) is 19.5. The number of aromatic nitrogens is 12. The zero-order chi connectivity index (χ0) is 98.8. The van der Waals surface area contributed by atoms with Crippen LogP contribution in [-0.4, -0.2) is 316 Å². The van der Waals surface area contributed by atoms with E-state index >= 15 is 0 Å². The number of halogens is 3. The van der Waals surface area contributed by atoms with Crippen LogP contribution in [0.4, 0.5) is 39.3 Å². The van der Waals surface area contributed by atoms with Crippen LogP contribution >= 0.6 is 57.6 Å². The van der Waals surface area contributed by atoms with E-state index in [1.807, 2.05) is 0 Å². The first-order valence-electron chi connectivity index (χ1n) is 45.7. The smallest absolute Gasteiger partial charge is 0.359 e. The Kier molecular flexibility index (Phi) is 32.4. The molecule has 0 spiro atoms. The first kappa shape index (κ1) is 104. The minimum absolute atomic E-state index is 0.0118. The molecule has 0 bridgehead atoms. The average Bonchev–Trinajstić information content (AvgIpc) is 1.62. The van der Waals surface area contributed by atoms with E-state index in [4.69, 9.17) is 63.2 Å². The molecular weight excluding hydrogens is 1970 g/mol. The van der Waals surface area contributed by atoms with E-state index in [0.29, 0.717) is 106 Å². The maximum absolute atomic E-state index is 12.7. The largest absolute Gasteiger partial charge is 0.393 e. The van der Waals surface area contributed by atoms with Gasteiger partial charge in [0.05, 0.1) is 80.1 Å². The number of benzene rings is 3. The van der Waals surface area contributed by atoms with Crippen molar-refractivity contribution in [1.82, 2.24) is 69.3 Å². The molecule has 3 amide bonds. The third-order valence-corrected chi connectivity index (χ3v) is 33.2. The average molecular weight is 2080 g/mol. The van der Waals surface area contributed by atoms with Crippen LogP contribution in [0.5, 0.6) is 0 Å². The van der Waals surface area contributed by atoms with Gasteiger partial charge in [-0.1, -0.05) is 74.9 Å². The molecule has 48 nitrogen and oxygen atoms in total. The first-order valence-corrected chi connectivity index (χ1v) is 53.1. The van der Waals surface area contributed by atoms with E-state index in [2.05, 4.69) is 71.2 Å². The summed E-state index contributed by atoms with van der Waals surface area (Å²) in [4.78, 5) is 115. The third-order valence-electron chi connectivity index (χ3n) is 26.7. The molecule has 139 heavy (non-hydrogen) atoms. The summed E-state index contributed by atoms with van der Waals surface area (Å²) in [6.07, 6.45) is 2.54. The van der Waals surface area contributed by atoms with E-state index < -0.39 is 175 Å². The summed E-state index contributed by atoms with van der Waals surface area (Å²) >= 11 is 18.7. The molecule has 3 saturated carbocycles. The summed E-state index contributed by atoms with van der Waals surface area (Å²) in [5.41, 5.74) is 3.58. The Morgan fingerprint density at radius 2 is 0.748 bits per heavy atom. The molecule has 6 saturated heterocycles. The van der Waals surface area contributed by atoms with Gasteiger partial charge < -0.3 is 130 Å². The molecule has 9 fully saturated rings. The number of amides is 3. The van der Waals surface area contributed by atoms with E-state index in [1.165, 1.54) is 61.2 Å². The number of ether oxygens (including phenoxy) is 6. The van der Waals surface area contributed by atoms with Crippen molar-refractivity contribution >= 4 is 147 Å². The number of aliphatic hydroxyl groups is 9. The molecule has 15 atom stereocenters. The van der Waals surface area contributed by atoms with Crippen LogP contribution < -0.4 is 40.1 Å². The molecule has 3 aliphatic carbocycles.